The average Bonchev–Trinajstić information content (AvgIpc) is 3.90. The van der Waals surface area contributed by atoms with E-state index < -0.39 is 21.2 Å². The highest BCUT2D eigenvalue weighted by atomic mass is 32.2. The lowest BCUT2D eigenvalue weighted by atomic mass is 9.69. The van der Waals surface area contributed by atoms with Crippen LogP contribution < -0.4 is 0 Å². The maximum absolute atomic E-state index is 13.8. The number of aliphatic hydroxyl groups is 2. The molecule has 2 fully saturated rings. The molecule has 7 aromatic rings. The van der Waals surface area contributed by atoms with Gasteiger partial charge in [0.2, 0.25) is 0 Å². The number of para-hydroxylation sites is 2. The summed E-state index contributed by atoms with van der Waals surface area (Å²) >= 11 is 0. The minimum atomic E-state index is -3.89. The first-order valence-electron chi connectivity index (χ1n) is 20.6. The third-order valence-electron chi connectivity index (χ3n) is 13.5. The van der Waals surface area contributed by atoms with Crippen molar-refractivity contribution >= 4 is 31.9 Å². The molecule has 2 aliphatic carbocycles. The Morgan fingerprint density at radius 1 is 0.525 bits per heavy atom. The van der Waals surface area contributed by atoms with Gasteiger partial charge in [0, 0.05) is 21.9 Å². The van der Waals surface area contributed by atoms with Gasteiger partial charge in [0.15, 0.2) is 0 Å². The van der Waals surface area contributed by atoms with Crippen molar-refractivity contribution in [1.29, 1.82) is 0 Å². The van der Waals surface area contributed by atoms with E-state index in [0.717, 1.165) is 29.2 Å². The Hall–Kier alpha value is -5.03. The van der Waals surface area contributed by atoms with Crippen LogP contribution in [0.3, 0.4) is 0 Å². The lowest BCUT2D eigenvalue weighted by Gasteiger charge is -2.48. The van der Waals surface area contributed by atoms with Gasteiger partial charge in [-0.15, -0.1) is 0 Å². The van der Waals surface area contributed by atoms with Crippen LogP contribution in [-0.4, -0.2) is 60.6 Å². The summed E-state index contributed by atoms with van der Waals surface area (Å²) in [5.41, 5.74) is 2.05. The molecule has 0 spiro atoms. The maximum atomic E-state index is 13.8. The molecule has 0 atom stereocenters. The summed E-state index contributed by atoms with van der Waals surface area (Å²) in [6.07, 6.45) is 5.54. The first-order valence-corrected chi connectivity index (χ1v) is 22.1. The van der Waals surface area contributed by atoms with Gasteiger partial charge in [-0.25, -0.2) is 12.4 Å². The normalized spacial score (nSPS) is 24.9. The van der Waals surface area contributed by atoms with Crippen LogP contribution in [0.2, 0.25) is 0 Å². The van der Waals surface area contributed by atoms with Gasteiger partial charge in [-0.1, -0.05) is 115 Å². The second-order valence-electron chi connectivity index (χ2n) is 17.0. The van der Waals surface area contributed by atoms with Crippen LogP contribution in [-0.2, 0) is 32.3 Å². The van der Waals surface area contributed by atoms with Crippen LogP contribution >= 0.6 is 0 Å². The highest BCUT2D eigenvalue weighted by molar-refractivity contribution is 7.90. The summed E-state index contributed by atoms with van der Waals surface area (Å²) in [7, 11) is 4.54. The monoisotopic (exact) mass is 809 g/mol. The molecule has 0 unspecified atom stereocenters. The maximum Gasteiger partial charge on any atom is 0.268 e. The molecular formula is C50H55N3O5S. The van der Waals surface area contributed by atoms with Crippen LogP contribution in [0.5, 0.6) is 0 Å². The van der Waals surface area contributed by atoms with Crippen molar-refractivity contribution in [2.24, 2.45) is 0 Å². The van der Waals surface area contributed by atoms with E-state index in [0.29, 0.717) is 55.5 Å². The van der Waals surface area contributed by atoms with Crippen molar-refractivity contribution in [3.05, 3.63) is 174 Å². The standard InChI is InChI=1S/C28H30N2O3S.C22H25NO2/c1-29(2)27(23-12-5-3-6-13-23)17-19-28(31,20-18-27)26-21-22-11-9-10-16-25(22)30(26)34(32,33)24-14-7-4-8-15-24;1-23(2)21(18-9-4-3-5-10-18)12-14-22(24,15-13-21)20-16-17-8-6-7-11-19(17)25-20/h3-16,21,31H,17-20H2,1-2H3;3-11,16,24H,12-15H2,1-2H3. The highest BCUT2D eigenvalue weighted by Crippen LogP contribution is 2.51. The predicted molar refractivity (Wildman–Crippen MR) is 236 cm³/mol. The molecule has 5 aromatic carbocycles. The molecule has 9 rings (SSSR count). The van der Waals surface area contributed by atoms with Gasteiger partial charge in [0.05, 0.1) is 16.1 Å². The third-order valence-corrected chi connectivity index (χ3v) is 15.2. The molecule has 0 amide bonds. The molecule has 2 heterocycles. The van der Waals surface area contributed by atoms with Crippen molar-refractivity contribution < 1.29 is 23.0 Å². The molecule has 2 aromatic heterocycles. The Bertz CT molecular complexity index is 2590. The van der Waals surface area contributed by atoms with E-state index in [1.54, 1.807) is 36.4 Å². The SMILES string of the molecule is CN(C)C1(c2ccccc2)CCC(O)(c2cc3ccccc3n2S(=O)(=O)c2ccccc2)CC1.CN(C)C1(c2ccccc2)CCC(O)(c2cc3ccccc3o2)CC1. The topological polar surface area (TPSA) is 99.2 Å². The van der Waals surface area contributed by atoms with Crippen LogP contribution in [0.25, 0.3) is 21.9 Å². The van der Waals surface area contributed by atoms with E-state index in [2.05, 4.69) is 80.5 Å². The fourth-order valence-corrected chi connectivity index (χ4v) is 11.4. The molecule has 0 saturated heterocycles. The van der Waals surface area contributed by atoms with Gasteiger partial charge in [-0.3, -0.25) is 9.80 Å². The molecule has 59 heavy (non-hydrogen) atoms. The molecule has 0 aliphatic heterocycles. The lowest BCUT2D eigenvalue weighted by molar-refractivity contribution is -0.0631. The first-order chi connectivity index (χ1) is 28.3. The number of benzene rings is 5. The van der Waals surface area contributed by atoms with E-state index in [9.17, 15) is 18.6 Å². The first kappa shape index (κ1) is 40.7. The van der Waals surface area contributed by atoms with Crippen molar-refractivity contribution in [1.82, 2.24) is 13.8 Å². The summed E-state index contributed by atoms with van der Waals surface area (Å²) in [6.45, 7) is 0. The van der Waals surface area contributed by atoms with Gasteiger partial charge in [0.25, 0.3) is 10.0 Å². The van der Waals surface area contributed by atoms with Gasteiger partial charge in [-0.05, 0) is 127 Å². The largest absolute Gasteiger partial charge is 0.458 e. The van der Waals surface area contributed by atoms with Crippen molar-refractivity contribution in [3.63, 3.8) is 0 Å². The number of nitrogens with zero attached hydrogens (tertiary/aromatic N) is 3. The second-order valence-corrected chi connectivity index (χ2v) is 18.8. The van der Waals surface area contributed by atoms with E-state index in [-0.39, 0.29) is 16.0 Å². The Morgan fingerprint density at radius 3 is 1.47 bits per heavy atom. The van der Waals surface area contributed by atoms with Crippen LogP contribution in [0.4, 0.5) is 0 Å². The Labute approximate surface area is 348 Å². The Morgan fingerprint density at radius 2 is 0.966 bits per heavy atom. The molecule has 9 heteroatoms. The second kappa shape index (κ2) is 15.9. The van der Waals surface area contributed by atoms with Crippen molar-refractivity contribution in [3.8, 4) is 0 Å². The van der Waals surface area contributed by atoms with Crippen molar-refractivity contribution in [2.45, 2.75) is 78.5 Å². The minimum Gasteiger partial charge on any atom is -0.458 e. The molecule has 2 aliphatic rings. The highest BCUT2D eigenvalue weighted by Gasteiger charge is 2.48. The number of fused-ring (bicyclic) bond motifs is 2. The molecule has 0 bridgehead atoms. The lowest BCUT2D eigenvalue weighted by Crippen LogP contribution is -2.48. The summed E-state index contributed by atoms with van der Waals surface area (Å²) in [5, 5.41) is 25.1. The van der Waals surface area contributed by atoms with Gasteiger partial charge in [-0.2, -0.15) is 0 Å². The van der Waals surface area contributed by atoms with Gasteiger partial charge < -0.3 is 14.6 Å². The fraction of sp³-hybridized carbons (Fsp3) is 0.320. The molecule has 2 saturated carbocycles. The van der Waals surface area contributed by atoms with Gasteiger partial charge >= 0.3 is 0 Å². The third kappa shape index (κ3) is 7.34. The number of hydrogen-bond acceptors (Lipinski definition) is 7. The molecule has 8 nitrogen and oxygen atoms in total. The van der Waals surface area contributed by atoms with Crippen LogP contribution in [0, 0.1) is 0 Å². The number of rotatable bonds is 8. The predicted octanol–water partition coefficient (Wildman–Crippen LogP) is 9.75. The van der Waals surface area contributed by atoms with Crippen molar-refractivity contribution in [2.75, 3.05) is 28.2 Å². The summed E-state index contributed by atoms with van der Waals surface area (Å²) in [5.74, 6) is 0.703. The van der Waals surface area contributed by atoms with E-state index in [1.165, 1.54) is 15.1 Å². The average molecular weight is 810 g/mol. The Kier molecular flexibility index (Phi) is 11.0. The quantitative estimate of drug-likeness (QED) is 0.158. The van der Waals surface area contributed by atoms with Gasteiger partial charge in [0.1, 0.15) is 22.5 Å². The number of furan rings is 1. The van der Waals surface area contributed by atoms with E-state index in [4.69, 9.17) is 4.42 Å². The molecule has 306 valence electrons. The van der Waals surface area contributed by atoms with E-state index in [1.807, 2.05) is 72.8 Å². The minimum absolute atomic E-state index is 0.0283. The fourth-order valence-electron chi connectivity index (χ4n) is 9.76. The molecule has 0 radical (unpaired) electrons. The molecule has 2 N–H and O–H groups in total. The molecular weight excluding hydrogens is 755 g/mol. The smallest absolute Gasteiger partial charge is 0.268 e. The zero-order valence-electron chi connectivity index (χ0n) is 34.5. The number of hydrogen-bond donors (Lipinski definition) is 2. The summed E-state index contributed by atoms with van der Waals surface area (Å²) < 4.78 is 35.0. The summed E-state index contributed by atoms with van der Waals surface area (Å²) in [4.78, 5) is 4.75. The van der Waals surface area contributed by atoms with E-state index >= 15 is 0 Å². The number of aromatic nitrogens is 1. The summed E-state index contributed by atoms with van der Waals surface area (Å²) in [6, 6.07) is 48.7. The van der Waals surface area contributed by atoms with Crippen LogP contribution in [0.15, 0.2) is 161 Å². The Balaban J connectivity index is 0.000000172. The zero-order chi connectivity index (χ0) is 41.5. The zero-order valence-corrected chi connectivity index (χ0v) is 35.3. The van der Waals surface area contributed by atoms with Crippen LogP contribution in [0.1, 0.15) is 73.9 Å².